The summed E-state index contributed by atoms with van der Waals surface area (Å²) in [6.07, 6.45) is 2.61. The van der Waals surface area contributed by atoms with Gasteiger partial charge in [0.25, 0.3) is 5.92 Å². The van der Waals surface area contributed by atoms with E-state index in [-0.39, 0.29) is 30.9 Å². The normalized spacial score (nSPS) is 30.5. The Kier molecular flexibility index (Phi) is 4.25. The largest absolute Gasteiger partial charge is 0.476 e. The zero-order valence-corrected chi connectivity index (χ0v) is 15.4. The molecular weight excluding hydrogens is 386 g/mol. The molecule has 4 atom stereocenters. The number of carbonyl (C=O) groups excluding carboxylic acids is 1. The third kappa shape index (κ3) is 3.45. The van der Waals surface area contributed by atoms with Crippen LogP contribution in [0.4, 0.5) is 25.1 Å². The van der Waals surface area contributed by atoms with Crippen LogP contribution in [-0.4, -0.2) is 51.2 Å². The lowest BCUT2D eigenvalue weighted by Crippen LogP contribution is -2.63. The molecule has 0 spiro atoms. The first-order chi connectivity index (χ1) is 14.0. The molecule has 4 heterocycles. The predicted octanol–water partition coefficient (Wildman–Crippen LogP) is 2.72. The van der Waals surface area contributed by atoms with Crippen molar-refractivity contribution in [2.75, 3.05) is 11.9 Å². The number of H-pyrrole nitrogens is 1. The lowest BCUT2D eigenvalue weighted by Gasteiger charge is -2.43. The van der Waals surface area contributed by atoms with Crippen molar-refractivity contribution in [1.29, 1.82) is 0 Å². The van der Waals surface area contributed by atoms with Gasteiger partial charge in [-0.05, 0) is 25.7 Å². The number of aromatic amines is 1. The number of alkyl halides is 2. The van der Waals surface area contributed by atoms with Crippen LogP contribution >= 0.6 is 0 Å². The second-order valence-corrected chi connectivity index (χ2v) is 7.77. The van der Waals surface area contributed by atoms with Crippen LogP contribution < -0.4 is 15.4 Å². The van der Waals surface area contributed by atoms with E-state index in [9.17, 15) is 13.6 Å². The highest BCUT2D eigenvalue weighted by Gasteiger charge is 2.58. The minimum atomic E-state index is -3.07. The molecule has 0 aromatic carbocycles. The number of hydrogen-bond acceptors (Lipinski definition) is 7. The van der Waals surface area contributed by atoms with Crippen molar-refractivity contribution in [3.8, 4) is 5.88 Å². The number of ether oxygens (including phenoxy) is 2. The molecule has 0 radical (unpaired) electrons. The zero-order chi connectivity index (χ0) is 20.0. The number of nitrogens with zero attached hydrogens (tertiary/aromatic N) is 3. The van der Waals surface area contributed by atoms with E-state index in [0.29, 0.717) is 24.3 Å². The standard InChI is InChI=1S/C18H20F2N6O3/c19-18(20)10-4-14(18)23-17(27)29-12-2-1-9(3-12)13-6-15(25-24-13)22-11-5-16(28-8-10)26-21-7-11/h5-7,9-10,12,14H,1-4,8H2,(H,23,27)(H2,22,24,25)/t9-,10?,12+,14+/m0/s1. The number of hydrogen-bond donors (Lipinski definition) is 3. The van der Waals surface area contributed by atoms with Gasteiger partial charge in [0.2, 0.25) is 5.88 Å². The number of rotatable bonds is 0. The van der Waals surface area contributed by atoms with Gasteiger partial charge in [-0.25, -0.2) is 13.6 Å². The number of halogens is 2. The summed E-state index contributed by atoms with van der Waals surface area (Å²) >= 11 is 0. The summed E-state index contributed by atoms with van der Waals surface area (Å²) in [6, 6.07) is 2.22. The molecule has 2 aliphatic heterocycles. The highest BCUT2D eigenvalue weighted by Crippen LogP contribution is 2.44. The number of fused-ring (bicyclic) bond motifs is 3. The molecule has 154 valence electrons. The van der Waals surface area contributed by atoms with Crippen LogP contribution in [0.1, 0.15) is 37.3 Å². The molecule has 1 unspecified atom stereocenters. The Morgan fingerprint density at radius 2 is 2.10 bits per heavy atom. The summed E-state index contributed by atoms with van der Waals surface area (Å²) < 4.78 is 39.6. The number of aromatic nitrogens is 4. The third-order valence-electron chi connectivity index (χ3n) is 5.85. The minimum absolute atomic E-state index is 0.106. The fourth-order valence-electron chi connectivity index (χ4n) is 4.14. The quantitative estimate of drug-likeness (QED) is 0.616. The molecule has 9 nitrogen and oxygen atoms in total. The molecular formula is C18H20F2N6O3. The number of carbonyl (C=O) groups is 1. The predicted molar refractivity (Wildman–Crippen MR) is 96.2 cm³/mol. The average Bonchev–Trinajstić information content (AvgIpc) is 3.33. The van der Waals surface area contributed by atoms with Gasteiger partial charge in [-0.15, -0.1) is 5.10 Å². The zero-order valence-electron chi connectivity index (χ0n) is 15.4. The van der Waals surface area contributed by atoms with Crippen LogP contribution in [0, 0.1) is 5.92 Å². The van der Waals surface area contributed by atoms with Crippen LogP contribution in [-0.2, 0) is 4.74 Å². The van der Waals surface area contributed by atoms with Gasteiger partial charge in [0.05, 0.1) is 30.5 Å². The first-order valence-corrected chi connectivity index (χ1v) is 9.60. The van der Waals surface area contributed by atoms with Gasteiger partial charge >= 0.3 is 6.09 Å². The molecule has 2 fully saturated rings. The van der Waals surface area contributed by atoms with E-state index < -0.39 is 24.0 Å². The first kappa shape index (κ1) is 18.1. The molecule has 2 aromatic rings. The molecule has 1 amide bonds. The maximum Gasteiger partial charge on any atom is 0.407 e. The van der Waals surface area contributed by atoms with Crippen molar-refractivity contribution < 1.29 is 23.0 Å². The van der Waals surface area contributed by atoms with Crippen LogP contribution in [0.5, 0.6) is 5.88 Å². The van der Waals surface area contributed by atoms with Crippen molar-refractivity contribution in [3.05, 3.63) is 24.0 Å². The SMILES string of the molecule is O=C1N[C@@H]2CC(COc3cc(cnn3)Nc3cc([nH]n3)[C@H]3CC[C@H](C3)O1)C2(F)F. The maximum absolute atomic E-state index is 14.4. The van der Waals surface area contributed by atoms with Crippen LogP contribution in [0.3, 0.4) is 0 Å². The summed E-state index contributed by atoms with van der Waals surface area (Å²) in [7, 11) is 0. The molecule has 2 aliphatic carbocycles. The lowest BCUT2D eigenvalue weighted by atomic mass is 9.76. The Balaban J connectivity index is 1.40. The van der Waals surface area contributed by atoms with Gasteiger partial charge in [-0.2, -0.15) is 10.2 Å². The van der Waals surface area contributed by atoms with Crippen molar-refractivity contribution in [2.24, 2.45) is 5.92 Å². The van der Waals surface area contributed by atoms with Gasteiger partial charge in [0, 0.05) is 23.7 Å². The van der Waals surface area contributed by atoms with Gasteiger partial charge < -0.3 is 20.1 Å². The van der Waals surface area contributed by atoms with E-state index in [1.165, 1.54) is 6.20 Å². The fourth-order valence-corrected chi connectivity index (χ4v) is 4.14. The minimum Gasteiger partial charge on any atom is -0.476 e. The molecule has 2 aromatic heterocycles. The summed E-state index contributed by atoms with van der Waals surface area (Å²) in [5, 5.41) is 20.3. The van der Waals surface area contributed by atoms with E-state index in [1.807, 2.05) is 6.07 Å². The molecule has 0 saturated heterocycles. The molecule has 8 bridgehead atoms. The van der Waals surface area contributed by atoms with Crippen molar-refractivity contribution in [3.63, 3.8) is 0 Å². The molecule has 6 rings (SSSR count). The molecule has 29 heavy (non-hydrogen) atoms. The molecule has 3 N–H and O–H groups in total. The molecule has 2 saturated carbocycles. The molecule has 4 aliphatic rings. The average molecular weight is 406 g/mol. The summed E-state index contributed by atoms with van der Waals surface area (Å²) in [5.74, 6) is -3.21. The van der Waals surface area contributed by atoms with E-state index in [1.54, 1.807) is 6.07 Å². The third-order valence-corrected chi connectivity index (χ3v) is 5.85. The Labute approximate surface area is 164 Å². The van der Waals surface area contributed by atoms with E-state index in [2.05, 4.69) is 31.0 Å². The summed E-state index contributed by atoms with van der Waals surface area (Å²) in [4.78, 5) is 12.1. The van der Waals surface area contributed by atoms with Crippen molar-refractivity contribution >= 4 is 17.6 Å². The van der Waals surface area contributed by atoms with Gasteiger partial charge in [0.15, 0.2) is 5.82 Å². The number of alkyl carbamates (subject to hydrolysis) is 1. The second-order valence-electron chi connectivity index (χ2n) is 7.77. The van der Waals surface area contributed by atoms with Gasteiger partial charge in [0.1, 0.15) is 6.10 Å². The van der Waals surface area contributed by atoms with E-state index in [0.717, 1.165) is 12.1 Å². The van der Waals surface area contributed by atoms with Gasteiger partial charge in [-0.1, -0.05) is 0 Å². The van der Waals surface area contributed by atoms with Crippen LogP contribution in [0.25, 0.3) is 0 Å². The Bertz CT molecular complexity index is 923. The Morgan fingerprint density at radius 1 is 1.21 bits per heavy atom. The number of amides is 1. The topological polar surface area (TPSA) is 114 Å². The number of anilines is 2. The van der Waals surface area contributed by atoms with Crippen molar-refractivity contribution in [2.45, 2.75) is 49.7 Å². The maximum atomic E-state index is 14.4. The van der Waals surface area contributed by atoms with Crippen molar-refractivity contribution in [1.82, 2.24) is 25.7 Å². The smallest absolute Gasteiger partial charge is 0.407 e. The second kappa shape index (κ2) is 6.82. The summed E-state index contributed by atoms with van der Waals surface area (Å²) in [5.41, 5.74) is 1.51. The Hall–Kier alpha value is -2.98. The van der Waals surface area contributed by atoms with E-state index in [4.69, 9.17) is 9.47 Å². The number of nitrogens with one attached hydrogen (secondary N) is 3. The van der Waals surface area contributed by atoms with Crippen LogP contribution in [0.15, 0.2) is 18.3 Å². The van der Waals surface area contributed by atoms with Gasteiger partial charge in [-0.3, -0.25) is 5.10 Å². The monoisotopic (exact) mass is 406 g/mol. The Morgan fingerprint density at radius 3 is 2.97 bits per heavy atom. The first-order valence-electron chi connectivity index (χ1n) is 9.60. The van der Waals surface area contributed by atoms with Crippen LogP contribution in [0.2, 0.25) is 0 Å². The van der Waals surface area contributed by atoms with E-state index >= 15 is 0 Å². The highest BCUT2D eigenvalue weighted by molar-refractivity contribution is 5.68. The lowest BCUT2D eigenvalue weighted by molar-refractivity contribution is -0.170. The summed E-state index contributed by atoms with van der Waals surface area (Å²) in [6.45, 7) is -0.227. The fraction of sp³-hybridized carbons (Fsp3) is 0.556. The molecule has 11 heteroatoms. The highest BCUT2D eigenvalue weighted by atomic mass is 19.3.